The first-order valence-corrected chi connectivity index (χ1v) is 8.68. The van der Waals surface area contributed by atoms with Crippen LogP contribution in [-0.4, -0.2) is 34.4 Å². The summed E-state index contributed by atoms with van der Waals surface area (Å²) in [5, 5.41) is 3.96. The Morgan fingerprint density at radius 3 is 2.46 bits per heavy atom. The van der Waals surface area contributed by atoms with Crippen molar-refractivity contribution in [3.05, 3.63) is 51.4 Å². The van der Waals surface area contributed by atoms with Crippen molar-refractivity contribution < 1.29 is 23.7 Å². The molecule has 3 rings (SSSR count). The Balaban J connectivity index is 2.39. The van der Waals surface area contributed by atoms with Gasteiger partial charge in [0.2, 0.25) is 5.75 Å². The third-order valence-corrected chi connectivity index (χ3v) is 4.89. The van der Waals surface area contributed by atoms with Gasteiger partial charge in [0.25, 0.3) is 0 Å². The van der Waals surface area contributed by atoms with E-state index < -0.39 is 5.97 Å². The van der Waals surface area contributed by atoms with Crippen molar-refractivity contribution in [2.45, 2.75) is 18.9 Å². The summed E-state index contributed by atoms with van der Waals surface area (Å²) < 4.78 is 21.5. The van der Waals surface area contributed by atoms with Crippen molar-refractivity contribution in [1.82, 2.24) is 0 Å². The molecule has 8 heteroatoms. The molecule has 0 bridgehead atoms. The van der Waals surface area contributed by atoms with Gasteiger partial charge in [0, 0.05) is 10.5 Å². The van der Waals surface area contributed by atoms with E-state index in [0.717, 1.165) is 22.3 Å². The number of hydrogen-bond acceptors (Lipinski definition) is 6. The molecule has 1 aliphatic rings. The molecule has 0 aromatic heterocycles. The van der Waals surface area contributed by atoms with Crippen molar-refractivity contribution in [2.75, 3.05) is 28.4 Å². The first-order chi connectivity index (χ1) is 13.6. The number of nitrogens with zero attached hydrogens (tertiary/aromatic N) is 3. The molecule has 1 aliphatic carbocycles. The molecular formula is C20H21N3O5. The van der Waals surface area contributed by atoms with Crippen LogP contribution in [0.2, 0.25) is 0 Å². The molecule has 8 nitrogen and oxygen atoms in total. The molecule has 0 saturated heterocycles. The Labute approximate surface area is 162 Å². The Morgan fingerprint density at radius 1 is 1.11 bits per heavy atom. The number of carbonyl (C=O) groups excluding carboxylic acids is 1. The predicted octanol–water partition coefficient (Wildman–Crippen LogP) is 4.46. The van der Waals surface area contributed by atoms with E-state index in [1.54, 1.807) is 32.4 Å². The van der Waals surface area contributed by atoms with E-state index in [0.29, 0.717) is 35.7 Å². The van der Waals surface area contributed by atoms with Gasteiger partial charge in [-0.05, 0) is 53.3 Å². The fraction of sp³-hybridized carbons (Fsp3) is 0.350. The zero-order valence-electron chi connectivity index (χ0n) is 16.2. The smallest absolute Gasteiger partial charge is 0.337 e. The van der Waals surface area contributed by atoms with Crippen LogP contribution >= 0.6 is 0 Å². The molecule has 0 amide bonds. The van der Waals surface area contributed by atoms with E-state index in [2.05, 4.69) is 10.0 Å². The van der Waals surface area contributed by atoms with Crippen molar-refractivity contribution >= 4 is 5.97 Å². The SMILES string of the molecule is COC(=O)c1ccc2c(c1)-c1c(cc(OC)c(OC)c1OC)CC[C@@H]2N=[N+]=[N-]. The highest BCUT2D eigenvalue weighted by atomic mass is 16.5. The van der Waals surface area contributed by atoms with Gasteiger partial charge in [-0.15, -0.1) is 0 Å². The molecule has 2 aromatic carbocycles. The molecule has 2 aromatic rings. The average Bonchev–Trinajstić information content (AvgIpc) is 2.88. The van der Waals surface area contributed by atoms with Crippen LogP contribution < -0.4 is 14.2 Å². The Bertz CT molecular complexity index is 967. The number of hydrogen-bond donors (Lipinski definition) is 0. The van der Waals surface area contributed by atoms with Crippen molar-refractivity contribution in [3.63, 3.8) is 0 Å². The quantitative estimate of drug-likeness (QED) is 0.328. The zero-order valence-corrected chi connectivity index (χ0v) is 16.2. The van der Waals surface area contributed by atoms with Crippen LogP contribution in [0, 0.1) is 0 Å². The molecular weight excluding hydrogens is 362 g/mol. The van der Waals surface area contributed by atoms with Crippen molar-refractivity contribution in [1.29, 1.82) is 0 Å². The lowest BCUT2D eigenvalue weighted by Gasteiger charge is -2.20. The average molecular weight is 383 g/mol. The molecule has 0 saturated carbocycles. The minimum Gasteiger partial charge on any atom is -0.493 e. The summed E-state index contributed by atoms with van der Waals surface area (Å²) in [7, 11) is 5.99. The number of benzene rings is 2. The van der Waals surface area contributed by atoms with Crippen LogP contribution in [0.25, 0.3) is 21.6 Å². The lowest BCUT2D eigenvalue weighted by molar-refractivity contribution is 0.0600. The number of carbonyl (C=O) groups is 1. The summed E-state index contributed by atoms with van der Waals surface area (Å²) in [6.07, 6.45) is 1.25. The van der Waals surface area contributed by atoms with Gasteiger partial charge < -0.3 is 18.9 Å². The van der Waals surface area contributed by atoms with Crippen LogP contribution in [-0.2, 0) is 11.2 Å². The van der Waals surface area contributed by atoms with Crippen LogP contribution in [0.3, 0.4) is 0 Å². The van der Waals surface area contributed by atoms with Crippen LogP contribution in [0.15, 0.2) is 29.4 Å². The predicted molar refractivity (Wildman–Crippen MR) is 103 cm³/mol. The second-order valence-electron chi connectivity index (χ2n) is 6.23. The topological polar surface area (TPSA) is 103 Å². The number of aryl methyl sites for hydroxylation is 1. The summed E-state index contributed by atoms with van der Waals surface area (Å²) in [6, 6.07) is 6.72. The number of ether oxygens (including phenoxy) is 4. The number of fused-ring (bicyclic) bond motifs is 3. The van der Waals surface area contributed by atoms with Gasteiger partial charge in [0.15, 0.2) is 11.5 Å². The maximum Gasteiger partial charge on any atom is 0.337 e. The molecule has 0 unspecified atom stereocenters. The molecule has 146 valence electrons. The third-order valence-electron chi connectivity index (χ3n) is 4.89. The molecule has 0 radical (unpaired) electrons. The summed E-state index contributed by atoms with van der Waals surface area (Å²) in [4.78, 5) is 15.1. The van der Waals surface area contributed by atoms with E-state index in [9.17, 15) is 4.79 Å². The second-order valence-corrected chi connectivity index (χ2v) is 6.23. The first kappa shape index (κ1) is 19.4. The van der Waals surface area contributed by atoms with Gasteiger partial charge in [-0.3, -0.25) is 0 Å². The minimum absolute atomic E-state index is 0.374. The highest BCUT2D eigenvalue weighted by molar-refractivity contribution is 5.93. The largest absolute Gasteiger partial charge is 0.493 e. The van der Waals surface area contributed by atoms with Gasteiger partial charge >= 0.3 is 5.97 Å². The summed E-state index contributed by atoms with van der Waals surface area (Å²) in [6.45, 7) is 0. The summed E-state index contributed by atoms with van der Waals surface area (Å²) in [5.41, 5.74) is 12.7. The monoisotopic (exact) mass is 383 g/mol. The zero-order chi connectivity index (χ0) is 20.3. The van der Waals surface area contributed by atoms with E-state index in [4.69, 9.17) is 24.5 Å². The number of rotatable bonds is 5. The van der Waals surface area contributed by atoms with Gasteiger partial charge in [0.05, 0.1) is 40.0 Å². The van der Waals surface area contributed by atoms with E-state index in [1.807, 2.05) is 6.07 Å². The second kappa shape index (κ2) is 8.10. The first-order valence-electron chi connectivity index (χ1n) is 8.68. The molecule has 0 N–H and O–H groups in total. The summed E-state index contributed by atoms with van der Waals surface area (Å²) >= 11 is 0. The Kier molecular flexibility index (Phi) is 5.61. The molecule has 28 heavy (non-hydrogen) atoms. The van der Waals surface area contributed by atoms with Gasteiger partial charge in [-0.2, -0.15) is 0 Å². The van der Waals surface area contributed by atoms with E-state index in [-0.39, 0.29) is 6.04 Å². The van der Waals surface area contributed by atoms with Gasteiger partial charge in [-0.1, -0.05) is 11.2 Å². The van der Waals surface area contributed by atoms with E-state index in [1.165, 1.54) is 14.2 Å². The number of azide groups is 1. The lowest BCUT2D eigenvalue weighted by atomic mass is 9.92. The highest BCUT2D eigenvalue weighted by Crippen LogP contribution is 2.51. The maximum absolute atomic E-state index is 12.1. The fourth-order valence-corrected chi connectivity index (χ4v) is 3.64. The molecule has 0 heterocycles. The van der Waals surface area contributed by atoms with Crippen LogP contribution in [0.1, 0.15) is 33.9 Å². The summed E-state index contributed by atoms with van der Waals surface area (Å²) in [5.74, 6) is 1.06. The molecule has 0 spiro atoms. The Morgan fingerprint density at radius 2 is 1.86 bits per heavy atom. The standard InChI is InChI=1S/C20H21N3O5/c1-25-16-10-11-6-8-15(22-23-21)13-7-5-12(20(24)28-4)9-14(13)17(11)19(27-3)18(16)26-2/h5,7,9-10,15H,6,8H2,1-4H3/t15-/m0/s1. The van der Waals surface area contributed by atoms with Crippen LogP contribution in [0.4, 0.5) is 0 Å². The normalized spacial score (nSPS) is 14.6. The maximum atomic E-state index is 12.1. The number of methoxy groups -OCH3 is 4. The lowest BCUT2D eigenvalue weighted by Crippen LogP contribution is -2.04. The minimum atomic E-state index is -0.451. The third kappa shape index (κ3) is 3.18. The molecule has 0 aliphatic heterocycles. The van der Waals surface area contributed by atoms with Gasteiger partial charge in [0.1, 0.15) is 0 Å². The molecule has 1 atom stereocenters. The van der Waals surface area contributed by atoms with Crippen molar-refractivity contribution in [3.8, 4) is 28.4 Å². The van der Waals surface area contributed by atoms with Crippen molar-refractivity contribution in [2.24, 2.45) is 5.11 Å². The fourth-order valence-electron chi connectivity index (χ4n) is 3.64. The van der Waals surface area contributed by atoms with Crippen LogP contribution in [0.5, 0.6) is 17.2 Å². The molecule has 0 fully saturated rings. The Hall–Kier alpha value is -3.38. The van der Waals surface area contributed by atoms with E-state index >= 15 is 0 Å². The number of esters is 1. The van der Waals surface area contributed by atoms with Gasteiger partial charge in [-0.25, -0.2) is 4.79 Å². The highest BCUT2D eigenvalue weighted by Gasteiger charge is 2.29.